The first-order valence-corrected chi connectivity index (χ1v) is 8.32. The van der Waals surface area contributed by atoms with Crippen LogP contribution in [0.15, 0.2) is 29.6 Å². The van der Waals surface area contributed by atoms with Gasteiger partial charge in [0, 0.05) is 22.9 Å². The third-order valence-electron chi connectivity index (χ3n) is 4.17. The summed E-state index contributed by atoms with van der Waals surface area (Å²) in [6.07, 6.45) is 3.32. The zero-order valence-electron chi connectivity index (χ0n) is 12.0. The molecule has 0 spiro atoms. The summed E-state index contributed by atoms with van der Waals surface area (Å²) in [5, 5.41) is 5.55. The van der Waals surface area contributed by atoms with E-state index in [1.54, 1.807) is 11.3 Å². The lowest BCUT2D eigenvalue weighted by molar-refractivity contribution is 0.408. The lowest BCUT2D eigenvalue weighted by atomic mass is 9.80. The Morgan fingerprint density at radius 3 is 2.76 bits per heavy atom. The summed E-state index contributed by atoms with van der Waals surface area (Å²) in [6.45, 7) is 2.80. The second-order valence-corrected chi connectivity index (χ2v) is 6.54. The van der Waals surface area contributed by atoms with E-state index in [0.29, 0.717) is 11.5 Å². The first-order chi connectivity index (χ1) is 10.2. The molecule has 0 amide bonds. The normalized spacial score (nSPS) is 19.3. The quantitative estimate of drug-likeness (QED) is 0.856. The largest absolute Gasteiger partial charge is 0.310 e. The zero-order chi connectivity index (χ0) is 14.8. The highest BCUT2D eigenvalue weighted by Crippen LogP contribution is 2.42. The number of benzene rings is 1. The molecule has 1 aliphatic carbocycles. The minimum atomic E-state index is -0.505. The van der Waals surface area contributed by atoms with Gasteiger partial charge in [-0.15, -0.1) is 11.3 Å². The van der Waals surface area contributed by atoms with Gasteiger partial charge in [0.05, 0.1) is 0 Å². The number of thiophene rings is 1. The molecule has 0 radical (unpaired) electrons. The molecule has 3 rings (SSSR count). The van der Waals surface area contributed by atoms with Crippen LogP contribution in [0.5, 0.6) is 0 Å². The minimum absolute atomic E-state index is 0.0335. The highest BCUT2D eigenvalue weighted by Gasteiger charge is 2.29. The van der Waals surface area contributed by atoms with Crippen molar-refractivity contribution in [3.8, 4) is 0 Å². The van der Waals surface area contributed by atoms with Gasteiger partial charge in [-0.1, -0.05) is 6.92 Å². The third kappa shape index (κ3) is 3.01. The Bertz CT molecular complexity index is 603. The average molecular weight is 307 g/mol. The molecule has 1 aliphatic rings. The van der Waals surface area contributed by atoms with Crippen molar-refractivity contribution in [3.05, 3.63) is 57.3 Å². The molecule has 0 aliphatic heterocycles. The van der Waals surface area contributed by atoms with Crippen molar-refractivity contribution in [2.45, 2.75) is 38.1 Å². The monoisotopic (exact) mass is 307 g/mol. The van der Waals surface area contributed by atoms with Crippen LogP contribution in [-0.2, 0) is 6.42 Å². The number of fused-ring (bicyclic) bond motifs is 1. The van der Waals surface area contributed by atoms with Crippen LogP contribution >= 0.6 is 11.3 Å². The first kappa shape index (κ1) is 14.7. The fraction of sp³-hybridized carbons (Fsp3) is 0.412. The summed E-state index contributed by atoms with van der Waals surface area (Å²) in [5.41, 5.74) is 2.06. The van der Waals surface area contributed by atoms with Crippen molar-refractivity contribution in [2.75, 3.05) is 6.54 Å². The van der Waals surface area contributed by atoms with Crippen molar-refractivity contribution < 1.29 is 8.78 Å². The number of likely N-dealkylation sites (N-methyl/N-ethyl adjacent to an activating group) is 1. The van der Waals surface area contributed by atoms with E-state index in [-0.39, 0.29) is 6.04 Å². The number of aryl methyl sites for hydroxylation is 1. The van der Waals surface area contributed by atoms with Crippen molar-refractivity contribution >= 4 is 11.3 Å². The Kier molecular flexibility index (Phi) is 4.36. The SMILES string of the molecule is CCNC(c1cc(F)cc(F)c1)C1CCCc2sccc21. The highest BCUT2D eigenvalue weighted by atomic mass is 32.1. The van der Waals surface area contributed by atoms with Crippen molar-refractivity contribution in [1.82, 2.24) is 5.32 Å². The van der Waals surface area contributed by atoms with Gasteiger partial charge < -0.3 is 5.32 Å². The van der Waals surface area contributed by atoms with Crippen LogP contribution in [0.1, 0.15) is 47.7 Å². The summed E-state index contributed by atoms with van der Waals surface area (Å²) in [6, 6.07) is 5.98. The van der Waals surface area contributed by atoms with E-state index in [4.69, 9.17) is 0 Å². The molecule has 1 aromatic carbocycles. The van der Waals surface area contributed by atoms with Crippen LogP contribution in [0.3, 0.4) is 0 Å². The summed E-state index contributed by atoms with van der Waals surface area (Å²) < 4.78 is 27.1. The van der Waals surface area contributed by atoms with Gasteiger partial charge in [0.2, 0.25) is 0 Å². The second-order valence-electron chi connectivity index (χ2n) is 5.54. The summed E-state index contributed by atoms with van der Waals surface area (Å²) >= 11 is 1.79. The Morgan fingerprint density at radius 1 is 1.29 bits per heavy atom. The molecule has 1 heterocycles. The molecular formula is C17H19F2NS. The van der Waals surface area contributed by atoms with Crippen LogP contribution in [0.4, 0.5) is 8.78 Å². The molecular weight excluding hydrogens is 288 g/mol. The van der Waals surface area contributed by atoms with Crippen LogP contribution in [0.25, 0.3) is 0 Å². The molecule has 0 saturated heterocycles. The van der Waals surface area contributed by atoms with Crippen molar-refractivity contribution in [2.24, 2.45) is 0 Å². The molecule has 21 heavy (non-hydrogen) atoms. The number of rotatable bonds is 4. The molecule has 1 N–H and O–H groups in total. The fourth-order valence-corrected chi connectivity index (χ4v) is 4.33. The molecule has 2 atom stereocenters. The van der Waals surface area contributed by atoms with Crippen molar-refractivity contribution in [1.29, 1.82) is 0 Å². The van der Waals surface area contributed by atoms with Crippen molar-refractivity contribution in [3.63, 3.8) is 0 Å². The summed E-state index contributed by atoms with van der Waals surface area (Å²) in [5.74, 6) is -0.718. The number of hydrogen-bond acceptors (Lipinski definition) is 2. The summed E-state index contributed by atoms with van der Waals surface area (Å²) in [7, 11) is 0. The Labute approximate surface area is 128 Å². The molecule has 2 aromatic rings. The van der Waals surface area contributed by atoms with Crippen LogP contribution < -0.4 is 5.32 Å². The number of halogens is 2. The van der Waals surface area contributed by atoms with E-state index < -0.39 is 11.6 Å². The molecule has 0 fully saturated rings. The van der Waals surface area contributed by atoms with Crippen LogP contribution in [0, 0.1) is 11.6 Å². The van der Waals surface area contributed by atoms with Gasteiger partial charge in [-0.05, 0) is 60.5 Å². The first-order valence-electron chi connectivity index (χ1n) is 7.44. The van der Waals surface area contributed by atoms with Gasteiger partial charge in [-0.2, -0.15) is 0 Å². The molecule has 1 nitrogen and oxygen atoms in total. The Balaban J connectivity index is 1.99. The maximum atomic E-state index is 13.6. The van der Waals surface area contributed by atoms with E-state index in [1.807, 2.05) is 6.92 Å². The maximum Gasteiger partial charge on any atom is 0.126 e. The zero-order valence-corrected chi connectivity index (χ0v) is 12.9. The Morgan fingerprint density at radius 2 is 2.05 bits per heavy atom. The maximum absolute atomic E-state index is 13.6. The lowest BCUT2D eigenvalue weighted by Gasteiger charge is -2.31. The van der Waals surface area contributed by atoms with Crippen LogP contribution in [-0.4, -0.2) is 6.54 Å². The smallest absolute Gasteiger partial charge is 0.126 e. The molecule has 112 valence electrons. The topological polar surface area (TPSA) is 12.0 Å². The number of nitrogens with one attached hydrogen (secondary N) is 1. The highest BCUT2D eigenvalue weighted by molar-refractivity contribution is 7.10. The standard InChI is InChI=1S/C17H19F2NS/c1-2-20-17(11-8-12(18)10-13(19)9-11)15-4-3-5-16-14(15)6-7-21-16/h6-10,15,17,20H,2-5H2,1H3. The third-order valence-corrected chi connectivity index (χ3v) is 5.17. The van der Waals surface area contributed by atoms with E-state index in [1.165, 1.54) is 22.6 Å². The Hall–Kier alpha value is -1.26. The number of hydrogen-bond donors (Lipinski definition) is 1. The van der Waals surface area contributed by atoms with E-state index in [9.17, 15) is 8.78 Å². The van der Waals surface area contributed by atoms with Gasteiger partial charge >= 0.3 is 0 Å². The minimum Gasteiger partial charge on any atom is -0.310 e. The molecule has 1 aromatic heterocycles. The van der Waals surface area contributed by atoms with Gasteiger partial charge in [0.15, 0.2) is 0 Å². The molecule has 4 heteroatoms. The van der Waals surface area contributed by atoms with Gasteiger partial charge in [-0.3, -0.25) is 0 Å². The predicted molar refractivity (Wildman–Crippen MR) is 82.8 cm³/mol. The second kappa shape index (κ2) is 6.24. The molecule has 2 unspecified atom stereocenters. The van der Waals surface area contributed by atoms with Gasteiger partial charge in [-0.25, -0.2) is 8.78 Å². The molecule has 0 saturated carbocycles. The van der Waals surface area contributed by atoms with Gasteiger partial charge in [0.25, 0.3) is 0 Å². The van der Waals surface area contributed by atoms with Gasteiger partial charge in [0.1, 0.15) is 11.6 Å². The van der Waals surface area contributed by atoms with E-state index >= 15 is 0 Å². The van der Waals surface area contributed by atoms with Crippen LogP contribution in [0.2, 0.25) is 0 Å². The predicted octanol–water partition coefficient (Wildman–Crippen LogP) is 4.80. The summed E-state index contributed by atoms with van der Waals surface area (Å²) in [4.78, 5) is 1.42. The lowest BCUT2D eigenvalue weighted by Crippen LogP contribution is -2.29. The van der Waals surface area contributed by atoms with E-state index in [0.717, 1.165) is 31.9 Å². The fourth-order valence-electron chi connectivity index (χ4n) is 3.34. The van der Waals surface area contributed by atoms with E-state index in [2.05, 4.69) is 16.8 Å². The molecule has 0 bridgehead atoms. The average Bonchev–Trinajstić information content (AvgIpc) is 2.92.